The van der Waals surface area contributed by atoms with E-state index >= 15 is 0 Å². The largest absolute Gasteiger partial charge is 0.370 e. The van der Waals surface area contributed by atoms with Gasteiger partial charge in [0.2, 0.25) is 5.91 Å². The summed E-state index contributed by atoms with van der Waals surface area (Å²) in [6.45, 7) is 2.12. The Hall–Kier alpha value is -3.26. The van der Waals surface area contributed by atoms with Crippen LogP contribution in [0.25, 0.3) is 5.69 Å². The van der Waals surface area contributed by atoms with Crippen molar-refractivity contribution in [2.45, 2.75) is 19.9 Å². The highest BCUT2D eigenvalue weighted by Gasteiger charge is 2.24. The van der Waals surface area contributed by atoms with Crippen molar-refractivity contribution < 1.29 is 14.0 Å². The van der Waals surface area contributed by atoms with Gasteiger partial charge in [-0.1, -0.05) is 47.1 Å². The Morgan fingerprint density at radius 3 is 2.59 bits per heavy atom. The van der Waals surface area contributed by atoms with Crippen LogP contribution in [0.2, 0.25) is 5.02 Å². The number of hydrogen-bond acceptors (Lipinski definition) is 4. The van der Waals surface area contributed by atoms with Gasteiger partial charge >= 0.3 is 0 Å². The lowest BCUT2D eigenvalue weighted by Crippen LogP contribution is -2.34. The van der Waals surface area contributed by atoms with Crippen LogP contribution in [0.1, 0.15) is 28.2 Å². The first-order chi connectivity index (χ1) is 13.9. The molecule has 0 spiro atoms. The zero-order chi connectivity index (χ0) is 21.0. The Morgan fingerprint density at radius 2 is 1.93 bits per heavy atom. The van der Waals surface area contributed by atoms with Gasteiger partial charge in [-0.3, -0.25) is 9.59 Å². The maximum atomic E-state index is 13.4. The molecule has 9 heteroatoms. The van der Waals surface area contributed by atoms with Gasteiger partial charge in [-0.15, -0.1) is 5.10 Å². The molecule has 2 N–H and O–H groups in total. The molecule has 0 unspecified atom stereocenters. The second-order valence-corrected chi connectivity index (χ2v) is 6.87. The van der Waals surface area contributed by atoms with E-state index in [-0.39, 0.29) is 29.6 Å². The number of nitrogens with two attached hydrogens (primary N) is 1. The highest BCUT2D eigenvalue weighted by Crippen LogP contribution is 2.21. The first-order valence-corrected chi connectivity index (χ1v) is 9.24. The number of primary amides is 1. The standard InChI is InChI=1S/C20H19ClFN5O2/c1-13-19(24-25-27(13)15-7-8-17(22)16(21)11-15)20(29)26(10-9-18(23)28)12-14-5-3-2-4-6-14/h2-8,11H,9-10,12H2,1H3,(H2,23,28). The molecule has 3 rings (SSSR count). The van der Waals surface area contributed by atoms with Gasteiger partial charge in [0.1, 0.15) is 5.82 Å². The quantitative estimate of drug-likeness (QED) is 0.642. The monoisotopic (exact) mass is 415 g/mol. The minimum atomic E-state index is -0.551. The molecule has 0 fully saturated rings. The van der Waals surface area contributed by atoms with Crippen molar-refractivity contribution in [3.63, 3.8) is 0 Å². The van der Waals surface area contributed by atoms with Gasteiger partial charge in [-0.2, -0.15) is 0 Å². The molecule has 0 saturated carbocycles. The van der Waals surface area contributed by atoms with Crippen LogP contribution in [-0.4, -0.2) is 38.3 Å². The fourth-order valence-electron chi connectivity index (χ4n) is 2.84. The summed E-state index contributed by atoms with van der Waals surface area (Å²) in [7, 11) is 0. The van der Waals surface area contributed by atoms with Crippen molar-refractivity contribution in [1.29, 1.82) is 0 Å². The second-order valence-electron chi connectivity index (χ2n) is 6.46. The predicted octanol–water partition coefficient (Wildman–Crippen LogP) is 2.89. The number of aromatic nitrogens is 3. The molecule has 29 heavy (non-hydrogen) atoms. The van der Waals surface area contributed by atoms with Crippen molar-refractivity contribution in [1.82, 2.24) is 19.9 Å². The lowest BCUT2D eigenvalue weighted by Gasteiger charge is -2.21. The molecule has 2 amide bonds. The summed E-state index contributed by atoms with van der Waals surface area (Å²) in [6.07, 6.45) is 0.0271. The first-order valence-electron chi connectivity index (χ1n) is 8.86. The highest BCUT2D eigenvalue weighted by molar-refractivity contribution is 6.30. The predicted molar refractivity (Wildman–Crippen MR) is 106 cm³/mol. The van der Waals surface area contributed by atoms with Gasteiger partial charge in [-0.25, -0.2) is 9.07 Å². The summed E-state index contributed by atoms with van der Waals surface area (Å²) in [5.41, 5.74) is 7.24. The summed E-state index contributed by atoms with van der Waals surface area (Å²) in [4.78, 5) is 25.9. The Balaban J connectivity index is 1.89. The molecule has 2 aromatic carbocycles. The average Bonchev–Trinajstić information content (AvgIpc) is 3.08. The van der Waals surface area contributed by atoms with E-state index in [0.717, 1.165) is 5.56 Å². The summed E-state index contributed by atoms with van der Waals surface area (Å²) in [6, 6.07) is 13.5. The molecule has 150 valence electrons. The molecule has 0 atom stereocenters. The molecule has 0 aliphatic rings. The van der Waals surface area contributed by atoms with E-state index in [1.54, 1.807) is 6.92 Å². The number of benzene rings is 2. The third kappa shape index (κ3) is 4.78. The minimum Gasteiger partial charge on any atom is -0.370 e. The Labute approximate surface area is 171 Å². The van der Waals surface area contributed by atoms with Gasteiger partial charge < -0.3 is 10.6 Å². The van der Waals surface area contributed by atoms with Crippen molar-refractivity contribution in [3.05, 3.63) is 76.3 Å². The lowest BCUT2D eigenvalue weighted by atomic mass is 10.2. The number of carbonyl (C=O) groups is 2. The number of halogens is 2. The number of hydrogen-bond donors (Lipinski definition) is 1. The van der Waals surface area contributed by atoms with E-state index < -0.39 is 11.7 Å². The molecule has 0 aliphatic heterocycles. The molecule has 0 radical (unpaired) electrons. The van der Waals surface area contributed by atoms with Crippen LogP contribution in [0, 0.1) is 12.7 Å². The normalized spacial score (nSPS) is 10.7. The Kier molecular flexibility index (Phi) is 6.23. The van der Waals surface area contributed by atoms with E-state index in [1.807, 2.05) is 30.3 Å². The van der Waals surface area contributed by atoms with Crippen LogP contribution >= 0.6 is 11.6 Å². The number of nitrogens with zero attached hydrogens (tertiary/aromatic N) is 4. The van der Waals surface area contributed by atoms with E-state index in [9.17, 15) is 14.0 Å². The van der Waals surface area contributed by atoms with Crippen LogP contribution in [0.4, 0.5) is 4.39 Å². The Bertz CT molecular complexity index is 1040. The number of carbonyl (C=O) groups excluding carboxylic acids is 2. The average molecular weight is 416 g/mol. The van der Waals surface area contributed by atoms with Crippen molar-refractivity contribution in [2.75, 3.05) is 6.54 Å². The van der Waals surface area contributed by atoms with Crippen LogP contribution in [-0.2, 0) is 11.3 Å². The molecule has 0 aliphatic carbocycles. The molecule has 7 nitrogen and oxygen atoms in total. The lowest BCUT2D eigenvalue weighted by molar-refractivity contribution is -0.118. The van der Waals surface area contributed by atoms with Gasteiger partial charge in [0.15, 0.2) is 5.69 Å². The van der Waals surface area contributed by atoms with Crippen molar-refractivity contribution in [2.24, 2.45) is 5.73 Å². The van der Waals surface area contributed by atoms with Crippen LogP contribution in [0.15, 0.2) is 48.5 Å². The Morgan fingerprint density at radius 1 is 1.21 bits per heavy atom. The van der Waals surface area contributed by atoms with E-state index in [2.05, 4.69) is 10.3 Å². The summed E-state index contributed by atoms with van der Waals surface area (Å²) < 4.78 is 14.8. The van der Waals surface area contributed by atoms with Crippen molar-refractivity contribution >= 4 is 23.4 Å². The first kappa shape index (κ1) is 20.5. The molecule has 1 aromatic heterocycles. The zero-order valence-corrected chi connectivity index (χ0v) is 16.4. The molecule has 3 aromatic rings. The third-order valence-corrected chi connectivity index (χ3v) is 4.67. The van der Waals surface area contributed by atoms with E-state index in [1.165, 1.54) is 27.8 Å². The SMILES string of the molecule is Cc1c(C(=O)N(CCC(N)=O)Cc2ccccc2)nnn1-c1ccc(F)c(Cl)c1. The van der Waals surface area contributed by atoms with Crippen LogP contribution in [0.3, 0.4) is 0 Å². The number of amides is 2. The maximum absolute atomic E-state index is 13.4. The van der Waals surface area contributed by atoms with E-state index in [4.69, 9.17) is 17.3 Å². The molecular formula is C20H19ClFN5O2. The van der Waals surface area contributed by atoms with Crippen molar-refractivity contribution in [3.8, 4) is 5.69 Å². The summed E-state index contributed by atoms with van der Waals surface area (Å²) >= 11 is 5.84. The summed E-state index contributed by atoms with van der Waals surface area (Å²) in [5.74, 6) is -1.44. The van der Waals surface area contributed by atoms with Gasteiger partial charge in [-0.05, 0) is 30.7 Å². The van der Waals surface area contributed by atoms with Crippen LogP contribution < -0.4 is 5.73 Å². The minimum absolute atomic E-state index is 0.0271. The highest BCUT2D eigenvalue weighted by atomic mass is 35.5. The van der Waals surface area contributed by atoms with Gasteiger partial charge in [0.05, 0.1) is 16.4 Å². The maximum Gasteiger partial charge on any atom is 0.276 e. The van der Waals surface area contributed by atoms with E-state index in [0.29, 0.717) is 17.9 Å². The van der Waals surface area contributed by atoms with Gasteiger partial charge in [0, 0.05) is 19.5 Å². The molecule has 0 bridgehead atoms. The smallest absolute Gasteiger partial charge is 0.276 e. The fraction of sp³-hybridized carbons (Fsp3) is 0.200. The molecule has 1 heterocycles. The second kappa shape index (κ2) is 8.83. The third-order valence-electron chi connectivity index (χ3n) is 4.38. The molecular weight excluding hydrogens is 397 g/mol. The summed E-state index contributed by atoms with van der Waals surface area (Å²) in [5, 5.41) is 7.95. The number of rotatable bonds is 7. The topological polar surface area (TPSA) is 94.1 Å². The molecule has 0 saturated heterocycles. The fourth-order valence-corrected chi connectivity index (χ4v) is 3.01. The van der Waals surface area contributed by atoms with Crippen LogP contribution in [0.5, 0.6) is 0 Å². The zero-order valence-electron chi connectivity index (χ0n) is 15.7. The van der Waals surface area contributed by atoms with Gasteiger partial charge in [0.25, 0.3) is 5.91 Å².